The molecule has 1 spiro atoms. The predicted octanol–water partition coefficient (Wildman–Crippen LogP) is 3.77. The SMILES string of the molecule is CCc1nn(C[C@H](C)Cc2c(C(=O)O)ccc(Cl)c2OC)c2c1C(=O)NCC1(CCOCC1)C2. The number of aromatic carboxylic acids is 1. The number of carboxylic acid groups (broad SMARTS) is 1. The third-order valence-electron chi connectivity index (χ3n) is 7.10. The molecule has 1 aromatic heterocycles. The van der Waals surface area contributed by atoms with E-state index < -0.39 is 5.97 Å². The molecule has 4 rings (SSSR count). The number of aryl methyl sites for hydroxylation is 1. The van der Waals surface area contributed by atoms with Gasteiger partial charge in [0.2, 0.25) is 0 Å². The van der Waals surface area contributed by atoms with Gasteiger partial charge in [0, 0.05) is 31.9 Å². The van der Waals surface area contributed by atoms with Crippen LogP contribution in [0.4, 0.5) is 0 Å². The summed E-state index contributed by atoms with van der Waals surface area (Å²) in [6, 6.07) is 3.06. The smallest absolute Gasteiger partial charge is 0.336 e. The number of carbonyl (C=O) groups excluding carboxylic acids is 1. The Bertz CT molecular complexity index is 1090. The number of aromatic nitrogens is 2. The molecule has 184 valence electrons. The van der Waals surface area contributed by atoms with Crippen LogP contribution in [0, 0.1) is 11.3 Å². The highest BCUT2D eigenvalue weighted by atomic mass is 35.5. The van der Waals surface area contributed by atoms with Crippen LogP contribution < -0.4 is 10.1 Å². The zero-order chi connectivity index (χ0) is 24.5. The molecule has 0 unspecified atom stereocenters. The van der Waals surface area contributed by atoms with Gasteiger partial charge in [-0.15, -0.1) is 0 Å². The topological polar surface area (TPSA) is 103 Å². The lowest BCUT2D eigenvalue weighted by Gasteiger charge is -2.36. The minimum Gasteiger partial charge on any atom is -0.495 e. The second-order valence-corrected chi connectivity index (χ2v) is 9.90. The summed E-state index contributed by atoms with van der Waals surface area (Å²) in [4.78, 5) is 24.9. The molecule has 2 N–H and O–H groups in total. The standard InChI is InChI=1S/C25H32ClN3O5/c1-4-19-21-20(12-25(14-27-23(21)30)7-9-34-10-8-25)29(28-19)13-15(2)11-17-16(24(31)32)5-6-18(26)22(17)33-3/h5-6,15H,4,7-14H2,1-3H3,(H,27,30)(H,31,32)/t15-/m1/s1. The molecule has 9 heteroatoms. The summed E-state index contributed by atoms with van der Waals surface area (Å²) in [5.41, 5.74) is 3.19. The number of hydrogen-bond acceptors (Lipinski definition) is 5. The van der Waals surface area contributed by atoms with E-state index in [0.29, 0.717) is 61.0 Å². The van der Waals surface area contributed by atoms with E-state index in [4.69, 9.17) is 26.2 Å². The van der Waals surface area contributed by atoms with Gasteiger partial charge in [-0.1, -0.05) is 25.4 Å². The molecular formula is C25H32ClN3O5. The summed E-state index contributed by atoms with van der Waals surface area (Å²) in [5, 5.41) is 18.1. The zero-order valence-corrected chi connectivity index (χ0v) is 20.7. The van der Waals surface area contributed by atoms with E-state index in [2.05, 4.69) is 5.32 Å². The van der Waals surface area contributed by atoms with Gasteiger partial charge in [-0.2, -0.15) is 5.10 Å². The first-order chi connectivity index (χ1) is 16.3. The third-order valence-corrected chi connectivity index (χ3v) is 7.39. The van der Waals surface area contributed by atoms with Gasteiger partial charge in [0.15, 0.2) is 0 Å². The quantitative estimate of drug-likeness (QED) is 0.613. The first-order valence-corrected chi connectivity index (χ1v) is 12.2. The largest absolute Gasteiger partial charge is 0.495 e. The Balaban J connectivity index is 1.66. The van der Waals surface area contributed by atoms with Crippen molar-refractivity contribution in [1.29, 1.82) is 0 Å². The van der Waals surface area contributed by atoms with Crippen LogP contribution in [0.5, 0.6) is 5.75 Å². The highest BCUT2D eigenvalue weighted by molar-refractivity contribution is 6.32. The van der Waals surface area contributed by atoms with Crippen LogP contribution in [-0.2, 0) is 30.5 Å². The molecule has 34 heavy (non-hydrogen) atoms. The molecule has 1 fully saturated rings. The first kappa shape index (κ1) is 24.5. The molecule has 0 aliphatic carbocycles. The van der Waals surface area contributed by atoms with E-state index in [-0.39, 0.29) is 22.8 Å². The number of methoxy groups -OCH3 is 1. The minimum absolute atomic E-state index is 0.0242. The molecule has 1 aromatic carbocycles. The van der Waals surface area contributed by atoms with Gasteiger partial charge in [0.1, 0.15) is 5.75 Å². The lowest BCUT2D eigenvalue weighted by Crippen LogP contribution is -2.40. The number of halogens is 1. The number of hydrogen-bond donors (Lipinski definition) is 2. The maximum absolute atomic E-state index is 13.0. The fraction of sp³-hybridized carbons (Fsp3) is 0.560. The molecule has 8 nitrogen and oxygen atoms in total. The van der Waals surface area contributed by atoms with E-state index >= 15 is 0 Å². The molecule has 2 aliphatic heterocycles. The number of fused-ring (bicyclic) bond motifs is 1. The molecule has 1 atom stereocenters. The van der Waals surface area contributed by atoms with Crippen LogP contribution >= 0.6 is 11.6 Å². The summed E-state index contributed by atoms with van der Waals surface area (Å²) in [6.07, 6.45) is 3.68. The van der Waals surface area contributed by atoms with E-state index in [1.807, 2.05) is 18.5 Å². The van der Waals surface area contributed by atoms with Crippen LogP contribution in [0.15, 0.2) is 12.1 Å². The Morgan fingerprint density at radius 3 is 2.76 bits per heavy atom. The number of carboxylic acids is 1. The number of ether oxygens (including phenoxy) is 2. The van der Waals surface area contributed by atoms with Crippen LogP contribution in [0.25, 0.3) is 0 Å². The van der Waals surface area contributed by atoms with E-state index in [1.54, 1.807) is 6.07 Å². The third kappa shape index (κ3) is 4.66. The molecule has 3 heterocycles. The molecule has 0 radical (unpaired) electrons. The van der Waals surface area contributed by atoms with Crippen molar-refractivity contribution in [3.05, 3.63) is 45.2 Å². The first-order valence-electron chi connectivity index (χ1n) is 11.8. The Hall–Kier alpha value is -2.58. The van der Waals surface area contributed by atoms with Gasteiger partial charge in [0.05, 0.1) is 34.6 Å². The second-order valence-electron chi connectivity index (χ2n) is 9.50. The lowest BCUT2D eigenvalue weighted by atomic mass is 9.76. The summed E-state index contributed by atoms with van der Waals surface area (Å²) in [5.74, 6) is -0.658. The summed E-state index contributed by atoms with van der Waals surface area (Å²) >= 11 is 6.29. The number of amides is 1. The number of benzene rings is 1. The predicted molar refractivity (Wildman–Crippen MR) is 128 cm³/mol. The molecule has 2 aromatic rings. The number of rotatable bonds is 7. The Morgan fingerprint density at radius 2 is 2.12 bits per heavy atom. The van der Waals surface area contributed by atoms with Crippen molar-refractivity contribution in [1.82, 2.24) is 15.1 Å². The average Bonchev–Trinajstić information content (AvgIpc) is 3.07. The number of nitrogens with one attached hydrogen (secondary N) is 1. The van der Waals surface area contributed by atoms with Crippen molar-refractivity contribution >= 4 is 23.5 Å². The van der Waals surface area contributed by atoms with Crippen molar-refractivity contribution in [3.63, 3.8) is 0 Å². The zero-order valence-electron chi connectivity index (χ0n) is 19.9. The molecule has 1 saturated heterocycles. The Labute approximate surface area is 204 Å². The van der Waals surface area contributed by atoms with Gasteiger partial charge in [0.25, 0.3) is 5.91 Å². The fourth-order valence-corrected chi connectivity index (χ4v) is 5.51. The highest BCUT2D eigenvalue weighted by Gasteiger charge is 2.39. The normalized spacial score (nSPS) is 18.2. The number of carbonyl (C=O) groups is 2. The van der Waals surface area contributed by atoms with Gasteiger partial charge in [-0.3, -0.25) is 9.48 Å². The van der Waals surface area contributed by atoms with Crippen LogP contribution in [0.3, 0.4) is 0 Å². The lowest BCUT2D eigenvalue weighted by molar-refractivity contribution is 0.0152. The van der Waals surface area contributed by atoms with Gasteiger partial charge >= 0.3 is 5.97 Å². The molecule has 0 saturated carbocycles. The van der Waals surface area contributed by atoms with Gasteiger partial charge in [-0.25, -0.2) is 4.79 Å². The van der Waals surface area contributed by atoms with Crippen molar-refractivity contribution in [2.75, 3.05) is 26.9 Å². The fourth-order valence-electron chi connectivity index (χ4n) is 5.25. The van der Waals surface area contributed by atoms with Gasteiger partial charge in [-0.05, 0) is 55.6 Å². The summed E-state index contributed by atoms with van der Waals surface area (Å²) in [7, 11) is 1.49. The molecule has 2 aliphatic rings. The van der Waals surface area contributed by atoms with Crippen molar-refractivity contribution in [2.24, 2.45) is 11.3 Å². The number of nitrogens with zero attached hydrogens (tertiary/aromatic N) is 2. The van der Waals surface area contributed by atoms with Crippen LogP contribution in [0.1, 0.15) is 64.4 Å². The van der Waals surface area contributed by atoms with Crippen molar-refractivity contribution in [2.45, 2.75) is 52.5 Å². The molecule has 0 bridgehead atoms. The minimum atomic E-state index is -1.02. The summed E-state index contributed by atoms with van der Waals surface area (Å²) < 4.78 is 13.0. The Kier molecular flexibility index (Phi) is 7.19. The summed E-state index contributed by atoms with van der Waals surface area (Å²) in [6.45, 7) is 6.65. The van der Waals surface area contributed by atoms with Gasteiger partial charge < -0.3 is 19.9 Å². The van der Waals surface area contributed by atoms with E-state index in [1.165, 1.54) is 13.2 Å². The Morgan fingerprint density at radius 1 is 1.38 bits per heavy atom. The van der Waals surface area contributed by atoms with Crippen molar-refractivity contribution in [3.8, 4) is 5.75 Å². The second kappa shape index (κ2) is 9.96. The van der Waals surface area contributed by atoms with Crippen LogP contribution in [0.2, 0.25) is 5.02 Å². The van der Waals surface area contributed by atoms with E-state index in [9.17, 15) is 14.7 Å². The average molecular weight is 490 g/mol. The molecular weight excluding hydrogens is 458 g/mol. The monoisotopic (exact) mass is 489 g/mol. The van der Waals surface area contributed by atoms with Crippen LogP contribution in [-0.4, -0.2) is 53.6 Å². The van der Waals surface area contributed by atoms with Crippen molar-refractivity contribution < 1.29 is 24.2 Å². The molecule has 1 amide bonds. The highest BCUT2D eigenvalue weighted by Crippen LogP contribution is 2.38. The maximum atomic E-state index is 13.0. The van der Waals surface area contributed by atoms with E-state index in [0.717, 1.165) is 30.7 Å². The maximum Gasteiger partial charge on any atom is 0.336 e.